The fraction of sp³-hybridized carbons (Fsp3) is 0.125. The second-order valence-corrected chi connectivity index (χ2v) is 7.85. The van der Waals surface area contributed by atoms with Crippen LogP contribution in [0.25, 0.3) is 33.5 Å². The fourth-order valence-corrected chi connectivity index (χ4v) is 4.17. The molecule has 1 fully saturated rings. The molecule has 1 unspecified atom stereocenters. The summed E-state index contributed by atoms with van der Waals surface area (Å²) in [4.78, 5) is 16.5. The first-order valence-corrected chi connectivity index (χ1v) is 10.5. The molecule has 3 aromatic carbocycles. The number of H-pyrrole nitrogens is 1. The number of aromatic carboxylic acids is 1. The minimum Gasteiger partial charge on any atom is -0.478 e. The van der Waals surface area contributed by atoms with Gasteiger partial charge < -0.3 is 14.4 Å². The molecule has 1 saturated heterocycles. The van der Waals surface area contributed by atoms with Gasteiger partial charge in [-0.2, -0.15) is 0 Å². The molecule has 5 aromatic rings. The van der Waals surface area contributed by atoms with Crippen LogP contribution in [0.15, 0.2) is 66.7 Å². The average Bonchev–Trinajstić information content (AvgIpc) is 3.41. The third-order valence-corrected chi connectivity index (χ3v) is 5.78. The van der Waals surface area contributed by atoms with Crippen LogP contribution in [0.4, 0.5) is 0 Å². The van der Waals surface area contributed by atoms with Gasteiger partial charge in [-0.05, 0) is 39.2 Å². The van der Waals surface area contributed by atoms with Gasteiger partial charge in [0.1, 0.15) is 11.9 Å². The summed E-state index contributed by atoms with van der Waals surface area (Å²) in [7, 11) is 0. The van der Waals surface area contributed by atoms with E-state index >= 15 is 0 Å². The molecule has 33 heavy (non-hydrogen) atoms. The molecule has 9 heteroatoms. The van der Waals surface area contributed by atoms with Crippen molar-refractivity contribution in [3.05, 3.63) is 83.7 Å². The van der Waals surface area contributed by atoms with Crippen molar-refractivity contribution in [2.45, 2.75) is 12.6 Å². The van der Waals surface area contributed by atoms with E-state index in [-0.39, 0.29) is 11.7 Å². The maximum atomic E-state index is 11.9. The lowest BCUT2D eigenvalue weighted by molar-refractivity contribution is 0.0698. The number of nitrogens with one attached hydrogen (secondary N) is 1. The smallest absolute Gasteiger partial charge is 0.337 e. The summed E-state index contributed by atoms with van der Waals surface area (Å²) in [5.74, 6) is 0.389. The highest BCUT2D eigenvalue weighted by atomic mass is 16.6. The normalized spacial score (nSPS) is 15.1. The summed E-state index contributed by atoms with van der Waals surface area (Å²) >= 11 is 0. The van der Waals surface area contributed by atoms with Gasteiger partial charge >= 0.3 is 5.97 Å². The van der Waals surface area contributed by atoms with Crippen LogP contribution in [0.2, 0.25) is 0 Å². The number of nitrogens with zero attached hydrogens (tertiary/aromatic N) is 5. The lowest BCUT2D eigenvalue weighted by Crippen LogP contribution is -2.08. The predicted octanol–water partition coefficient (Wildman–Crippen LogP) is 3.70. The second kappa shape index (κ2) is 7.64. The Morgan fingerprint density at radius 3 is 2.55 bits per heavy atom. The van der Waals surface area contributed by atoms with Crippen LogP contribution in [0.1, 0.15) is 27.8 Å². The quantitative estimate of drug-likeness (QED) is 0.388. The molecule has 0 amide bonds. The fourth-order valence-electron chi connectivity index (χ4n) is 4.17. The van der Waals surface area contributed by atoms with Gasteiger partial charge in [0.05, 0.1) is 23.2 Å². The number of epoxide rings is 1. The van der Waals surface area contributed by atoms with E-state index in [1.165, 1.54) is 0 Å². The number of carboxylic acids is 1. The predicted molar refractivity (Wildman–Crippen MR) is 120 cm³/mol. The van der Waals surface area contributed by atoms with Crippen molar-refractivity contribution in [1.82, 2.24) is 30.2 Å². The summed E-state index contributed by atoms with van der Waals surface area (Å²) < 4.78 is 7.44. The SMILES string of the molecule is O=C(O)c1cccc2nc(C3CO3)n(Cc3ccc(-c4ccccc4-c4nnn[nH]4)cc3)c12. The highest BCUT2D eigenvalue weighted by molar-refractivity contribution is 6.01. The van der Waals surface area contributed by atoms with E-state index in [1.54, 1.807) is 12.1 Å². The molecule has 2 aromatic heterocycles. The number of tetrazole rings is 1. The Hall–Kier alpha value is -4.37. The molecule has 0 aliphatic carbocycles. The molecule has 1 aliphatic rings. The summed E-state index contributed by atoms with van der Waals surface area (Å²) in [5.41, 5.74) is 5.48. The molecular formula is C24H18N6O3. The maximum Gasteiger partial charge on any atom is 0.337 e. The minimum absolute atomic E-state index is 0.0966. The summed E-state index contributed by atoms with van der Waals surface area (Å²) in [6, 6.07) is 21.2. The molecule has 0 bridgehead atoms. The molecule has 6 rings (SSSR count). The average molecular weight is 438 g/mol. The zero-order valence-electron chi connectivity index (χ0n) is 17.3. The highest BCUT2D eigenvalue weighted by Crippen LogP contribution is 2.34. The zero-order chi connectivity index (χ0) is 22.4. The van der Waals surface area contributed by atoms with Crippen LogP contribution in [-0.4, -0.2) is 47.9 Å². The van der Waals surface area contributed by atoms with Gasteiger partial charge in [-0.3, -0.25) is 0 Å². The number of carbonyl (C=O) groups is 1. The molecule has 9 nitrogen and oxygen atoms in total. The van der Waals surface area contributed by atoms with Crippen LogP contribution < -0.4 is 0 Å². The van der Waals surface area contributed by atoms with E-state index in [0.717, 1.165) is 28.1 Å². The van der Waals surface area contributed by atoms with E-state index in [4.69, 9.17) is 4.74 Å². The lowest BCUT2D eigenvalue weighted by atomic mass is 9.98. The van der Waals surface area contributed by atoms with Crippen molar-refractivity contribution >= 4 is 17.0 Å². The van der Waals surface area contributed by atoms with Crippen molar-refractivity contribution < 1.29 is 14.6 Å². The maximum absolute atomic E-state index is 11.9. The molecule has 0 saturated carbocycles. The monoisotopic (exact) mass is 438 g/mol. The number of imidazole rings is 1. The number of fused-ring (bicyclic) bond motifs is 1. The van der Waals surface area contributed by atoms with E-state index in [2.05, 4.69) is 25.6 Å². The number of carboxylic acid groups (broad SMARTS) is 1. The first kappa shape index (κ1) is 19.3. The highest BCUT2D eigenvalue weighted by Gasteiger charge is 2.32. The van der Waals surface area contributed by atoms with Gasteiger partial charge in [-0.15, -0.1) is 5.10 Å². The molecule has 2 N–H and O–H groups in total. The number of hydrogen-bond acceptors (Lipinski definition) is 6. The first-order valence-electron chi connectivity index (χ1n) is 10.5. The Bertz CT molecular complexity index is 1470. The molecule has 0 radical (unpaired) electrons. The van der Waals surface area contributed by atoms with Gasteiger partial charge in [0.15, 0.2) is 5.82 Å². The molecule has 1 atom stereocenters. The lowest BCUT2D eigenvalue weighted by Gasteiger charge is -2.11. The van der Waals surface area contributed by atoms with Crippen LogP contribution in [0.3, 0.4) is 0 Å². The first-order chi connectivity index (χ1) is 16.2. The van der Waals surface area contributed by atoms with E-state index in [1.807, 2.05) is 59.2 Å². The molecule has 1 aliphatic heterocycles. The number of para-hydroxylation sites is 1. The van der Waals surface area contributed by atoms with Crippen molar-refractivity contribution in [3.8, 4) is 22.5 Å². The van der Waals surface area contributed by atoms with Gasteiger partial charge in [0.2, 0.25) is 0 Å². The zero-order valence-corrected chi connectivity index (χ0v) is 17.3. The molecule has 3 heterocycles. The van der Waals surface area contributed by atoms with Gasteiger partial charge in [0.25, 0.3) is 0 Å². The van der Waals surface area contributed by atoms with Gasteiger partial charge in [-0.1, -0.05) is 54.6 Å². The third kappa shape index (κ3) is 3.44. The van der Waals surface area contributed by atoms with Crippen molar-refractivity contribution in [3.63, 3.8) is 0 Å². The Morgan fingerprint density at radius 2 is 1.85 bits per heavy atom. The summed E-state index contributed by atoms with van der Waals surface area (Å²) in [6.07, 6.45) is -0.0966. The Kier molecular flexibility index (Phi) is 4.48. The van der Waals surface area contributed by atoms with E-state index in [0.29, 0.717) is 30.0 Å². The van der Waals surface area contributed by atoms with Gasteiger partial charge in [-0.25, -0.2) is 14.9 Å². The number of aromatic amines is 1. The largest absolute Gasteiger partial charge is 0.478 e. The topological polar surface area (TPSA) is 122 Å². The van der Waals surface area contributed by atoms with Crippen molar-refractivity contribution in [2.24, 2.45) is 0 Å². The van der Waals surface area contributed by atoms with Crippen LogP contribution in [-0.2, 0) is 11.3 Å². The minimum atomic E-state index is -0.973. The van der Waals surface area contributed by atoms with Gasteiger partial charge in [0, 0.05) is 12.1 Å². The van der Waals surface area contributed by atoms with Crippen LogP contribution >= 0.6 is 0 Å². The Morgan fingerprint density at radius 1 is 1.06 bits per heavy atom. The molecule has 0 spiro atoms. The number of hydrogen-bond donors (Lipinski definition) is 2. The number of benzene rings is 3. The Labute approximate surface area is 187 Å². The van der Waals surface area contributed by atoms with E-state index in [9.17, 15) is 9.90 Å². The van der Waals surface area contributed by atoms with Crippen LogP contribution in [0, 0.1) is 0 Å². The van der Waals surface area contributed by atoms with Crippen molar-refractivity contribution in [2.75, 3.05) is 6.61 Å². The standard InChI is InChI=1S/C24H18N6O3/c31-24(32)18-6-3-7-19-21(18)30(23(25-19)20-13-33-20)12-14-8-10-15(11-9-14)16-4-1-2-5-17(16)22-26-28-29-27-22/h1-11,20H,12-13H2,(H,31,32)(H,26,27,28,29). The summed E-state index contributed by atoms with van der Waals surface area (Å²) in [6.45, 7) is 1.09. The van der Waals surface area contributed by atoms with Crippen LogP contribution in [0.5, 0.6) is 0 Å². The number of aromatic nitrogens is 6. The second-order valence-electron chi connectivity index (χ2n) is 7.85. The van der Waals surface area contributed by atoms with E-state index < -0.39 is 5.97 Å². The Balaban J connectivity index is 1.38. The molecule has 162 valence electrons. The summed E-state index contributed by atoms with van der Waals surface area (Å²) in [5, 5.41) is 23.9. The number of rotatable bonds is 6. The molecular weight excluding hydrogens is 420 g/mol. The number of ether oxygens (including phenoxy) is 1. The van der Waals surface area contributed by atoms with Crippen molar-refractivity contribution in [1.29, 1.82) is 0 Å². The third-order valence-electron chi connectivity index (χ3n) is 5.78.